The lowest BCUT2D eigenvalue weighted by Gasteiger charge is -2.07. The molecule has 0 aliphatic rings. The molecule has 0 aliphatic heterocycles. The van der Waals surface area contributed by atoms with Gasteiger partial charge in [-0.1, -0.05) is 12.1 Å². The summed E-state index contributed by atoms with van der Waals surface area (Å²) in [7, 11) is -3.53. The van der Waals surface area contributed by atoms with Crippen molar-refractivity contribution < 1.29 is 17.5 Å². The Balaban J connectivity index is 1.79. The second-order valence-corrected chi connectivity index (χ2v) is 7.61. The topological polar surface area (TPSA) is 69.2 Å². The van der Waals surface area contributed by atoms with Crippen LogP contribution in [0.1, 0.15) is 5.56 Å². The summed E-state index contributed by atoms with van der Waals surface area (Å²) in [6, 6.07) is 12.3. The zero-order valence-corrected chi connectivity index (χ0v) is 13.3. The van der Waals surface area contributed by atoms with Crippen LogP contribution in [-0.4, -0.2) is 17.8 Å². The number of hydrogen-bond acceptors (Lipinski definition) is 6. The van der Waals surface area contributed by atoms with Crippen molar-refractivity contribution in [2.24, 2.45) is 0 Å². The molecule has 0 atom stereocenters. The van der Waals surface area contributed by atoms with E-state index in [-0.39, 0.29) is 15.9 Å². The molecule has 0 unspecified atom stereocenters. The molecule has 3 aromatic rings. The second-order valence-electron chi connectivity index (χ2n) is 4.67. The smallest absolute Gasteiger partial charge is 0.228 e. The van der Waals surface area contributed by atoms with Crippen molar-refractivity contribution in [1.82, 2.24) is 9.36 Å². The number of ether oxygens (including phenoxy) is 1. The van der Waals surface area contributed by atoms with Crippen LogP contribution in [0, 0.1) is 5.82 Å². The zero-order chi connectivity index (χ0) is 16.3. The van der Waals surface area contributed by atoms with Gasteiger partial charge in [-0.2, -0.15) is 4.37 Å². The summed E-state index contributed by atoms with van der Waals surface area (Å²) in [6.07, 6.45) is 1.21. The molecule has 0 aliphatic carbocycles. The summed E-state index contributed by atoms with van der Waals surface area (Å²) in [6.45, 7) is 0. The summed E-state index contributed by atoms with van der Waals surface area (Å²) in [5.41, 5.74) is 0.569. The molecule has 5 nitrogen and oxygen atoms in total. The van der Waals surface area contributed by atoms with E-state index in [1.807, 2.05) is 0 Å². The molecule has 2 aromatic carbocycles. The monoisotopic (exact) mass is 350 g/mol. The van der Waals surface area contributed by atoms with Gasteiger partial charge in [0, 0.05) is 0 Å². The van der Waals surface area contributed by atoms with E-state index < -0.39 is 9.84 Å². The Bertz CT molecular complexity index is 895. The number of halogens is 1. The van der Waals surface area contributed by atoms with Crippen molar-refractivity contribution in [3.8, 4) is 11.5 Å². The Labute approximate surface area is 136 Å². The van der Waals surface area contributed by atoms with E-state index in [4.69, 9.17) is 4.74 Å². The molecule has 8 heteroatoms. The maximum atomic E-state index is 12.9. The van der Waals surface area contributed by atoms with Crippen molar-refractivity contribution in [1.29, 1.82) is 0 Å². The number of aromatic nitrogens is 2. The van der Waals surface area contributed by atoms with Gasteiger partial charge in [-0.3, -0.25) is 0 Å². The van der Waals surface area contributed by atoms with Gasteiger partial charge in [-0.15, -0.1) is 0 Å². The Morgan fingerprint density at radius 2 is 1.87 bits per heavy atom. The van der Waals surface area contributed by atoms with E-state index in [2.05, 4.69) is 9.36 Å². The van der Waals surface area contributed by atoms with Gasteiger partial charge in [-0.05, 0) is 53.5 Å². The second kappa shape index (κ2) is 6.43. The molecular weight excluding hydrogens is 339 g/mol. The third-order valence-corrected chi connectivity index (χ3v) is 5.71. The van der Waals surface area contributed by atoms with Crippen LogP contribution in [0.5, 0.6) is 11.5 Å². The van der Waals surface area contributed by atoms with E-state index in [1.165, 1.54) is 30.6 Å². The molecule has 1 aromatic heterocycles. The van der Waals surface area contributed by atoms with Crippen molar-refractivity contribution in [3.63, 3.8) is 0 Å². The molecule has 23 heavy (non-hydrogen) atoms. The zero-order valence-electron chi connectivity index (χ0n) is 11.7. The average Bonchev–Trinajstić information content (AvgIpc) is 3.05. The molecular formula is C15H11FN2O3S2. The fourth-order valence-corrected chi connectivity index (χ4v) is 3.91. The van der Waals surface area contributed by atoms with Gasteiger partial charge in [-0.25, -0.2) is 17.8 Å². The Morgan fingerprint density at radius 1 is 1.09 bits per heavy atom. The molecule has 118 valence electrons. The number of rotatable bonds is 5. The first kappa shape index (κ1) is 15.6. The third kappa shape index (κ3) is 3.91. The standard InChI is InChI=1S/C15H11FN2O3S2/c16-12-4-6-13(7-5-12)21-14-3-1-2-11(8-14)9-23(19,20)15-17-10-18-22-15/h1-8,10H,9H2. The lowest BCUT2D eigenvalue weighted by atomic mass is 10.2. The molecule has 0 saturated heterocycles. The Morgan fingerprint density at radius 3 is 2.57 bits per heavy atom. The average molecular weight is 350 g/mol. The van der Waals surface area contributed by atoms with E-state index in [0.29, 0.717) is 17.1 Å². The number of sulfone groups is 1. The summed E-state index contributed by atoms with van der Waals surface area (Å²) in [5, 5.41) is 0. The first-order chi connectivity index (χ1) is 11.0. The largest absolute Gasteiger partial charge is 0.457 e. The van der Waals surface area contributed by atoms with E-state index in [0.717, 1.165) is 11.5 Å². The van der Waals surface area contributed by atoms with Crippen LogP contribution in [0.25, 0.3) is 0 Å². The fraction of sp³-hybridized carbons (Fsp3) is 0.0667. The summed E-state index contributed by atoms with van der Waals surface area (Å²) in [5.74, 6) is 0.398. The Kier molecular flexibility index (Phi) is 4.35. The first-order valence-electron chi connectivity index (χ1n) is 6.55. The lowest BCUT2D eigenvalue weighted by molar-refractivity contribution is 0.480. The van der Waals surface area contributed by atoms with E-state index in [9.17, 15) is 12.8 Å². The van der Waals surface area contributed by atoms with Gasteiger partial charge >= 0.3 is 0 Å². The van der Waals surface area contributed by atoms with Gasteiger partial charge in [0.2, 0.25) is 14.2 Å². The van der Waals surface area contributed by atoms with Crippen molar-refractivity contribution in [3.05, 3.63) is 66.2 Å². The van der Waals surface area contributed by atoms with Crippen LogP contribution in [0.15, 0.2) is 59.2 Å². The normalized spacial score (nSPS) is 11.3. The number of nitrogens with zero attached hydrogens (tertiary/aromatic N) is 2. The Hall–Kier alpha value is -2.32. The molecule has 0 N–H and O–H groups in total. The fourth-order valence-electron chi connectivity index (χ4n) is 1.92. The van der Waals surface area contributed by atoms with Gasteiger partial charge in [0.1, 0.15) is 23.6 Å². The number of hydrogen-bond donors (Lipinski definition) is 0. The summed E-state index contributed by atoms with van der Waals surface area (Å²) < 4.78 is 46.6. The molecule has 0 amide bonds. The van der Waals surface area contributed by atoms with Crippen LogP contribution in [0.3, 0.4) is 0 Å². The maximum absolute atomic E-state index is 12.9. The first-order valence-corrected chi connectivity index (χ1v) is 8.97. The minimum Gasteiger partial charge on any atom is -0.457 e. The van der Waals surface area contributed by atoms with Gasteiger partial charge in [0.15, 0.2) is 0 Å². The summed E-state index contributed by atoms with van der Waals surface area (Å²) in [4.78, 5) is 3.74. The van der Waals surface area contributed by atoms with Crippen molar-refractivity contribution >= 4 is 21.4 Å². The predicted molar refractivity (Wildman–Crippen MR) is 83.7 cm³/mol. The highest BCUT2D eigenvalue weighted by Gasteiger charge is 2.19. The highest BCUT2D eigenvalue weighted by Crippen LogP contribution is 2.24. The molecule has 0 bridgehead atoms. The summed E-state index contributed by atoms with van der Waals surface area (Å²) >= 11 is 0.841. The highest BCUT2D eigenvalue weighted by molar-refractivity contribution is 7.92. The number of benzene rings is 2. The van der Waals surface area contributed by atoms with Crippen LogP contribution >= 0.6 is 11.5 Å². The van der Waals surface area contributed by atoms with Crippen LogP contribution in [0.2, 0.25) is 0 Å². The van der Waals surface area contributed by atoms with Crippen LogP contribution in [-0.2, 0) is 15.6 Å². The maximum Gasteiger partial charge on any atom is 0.228 e. The highest BCUT2D eigenvalue weighted by atomic mass is 32.2. The van der Waals surface area contributed by atoms with Gasteiger partial charge < -0.3 is 4.74 Å². The molecule has 0 radical (unpaired) electrons. The molecule has 1 heterocycles. The van der Waals surface area contributed by atoms with Gasteiger partial charge in [0.25, 0.3) is 0 Å². The van der Waals surface area contributed by atoms with Crippen molar-refractivity contribution in [2.45, 2.75) is 10.1 Å². The van der Waals surface area contributed by atoms with Crippen molar-refractivity contribution in [2.75, 3.05) is 0 Å². The molecule has 3 rings (SSSR count). The SMILES string of the molecule is O=S(=O)(Cc1cccc(Oc2ccc(F)cc2)c1)c1ncns1. The van der Waals surface area contributed by atoms with Gasteiger partial charge in [0.05, 0.1) is 5.75 Å². The van der Waals surface area contributed by atoms with Crippen LogP contribution < -0.4 is 4.74 Å². The molecule has 0 spiro atoms. The quantitative estimate of drug-likeness (QED) is 0.705. The predicted octanol–water partition coefficient (Wildman–Crippen LogP) is 3.44. The van der Waals surface area contributed by atoms with E-state index in [1.54, 1.807) is 24.3 Å². The molecule has 0 fully saturated rings. The third-order valence-electron chi connectivity index (χ3n) is 2.91. The van der Waals surface area contributed by atoms with E-state index >= 15 is 0 Å². The lowest BCUT2D eigenvalue weighted by Crippen LogP contribution is -2.04. The molecule has 0 saturated carbocycles. The minimum atomic E-state index is -3.53. The minimum absolute atomic E-state index is 0.0117. The van der Waals surface area contributed by atoms with Crippen LogP contribution in [0.4, 0.5) is 4.39 Å².